The molecule has 104 valence electrons. The first-order chi connectivity index (χ1) is 8.84. The predicted molar refractivity (Wildman–Crippen MR) is 77.6 cm³/mol. The maximum atomic E-state index is 6.36. The second kappa shape index (κ2) is 3.98. The number of imidazole rings is 1. The minimum Gasteiger partial charge on any atom is -0.306 e. The van der Waals surface area contributed by atoms with Gasteiger partial charge in [0.1, 0.15) is 11.3 Å². The molecule has 1 aliphatic carbocycles. The van der Waals surface area contributed by atoms with Crippen molar-refractivity contribution in [2.75, 3.05) is 0 Å². The number of halogens is 1. The van der Waals surface area contributed by atoms with Crippen molar-refractivity contribution in [1.29, 1.82) is 0 Å². The van der Waals surface area contributed by atoms with Gasteiger partial charge in [0.2, 0.25) is 0 Å². The van der Waals surface area contributed by atoms with Crippen LogP contribution in [0.4, 0.5) is 0 Å². The zero-order valence-corrected chi connectivity index (χ0v) is 13.0. The third kappa shape index (κ3) is 1.80. The largest absolute Gasteiger partial charge is 0.306 e. The lowest BCUT2D eigenvalue weighted by atomic mass is 9.98. The van der Waals surface area contributed by atoms with E-state index in [-0.39, 0.29) is 10.9 Å². The Balaban J connectivity index is 2.33. The number of hydrogen-bond acceptors (Lipinski definition) is 2. The van der Waals surface area contributed by atoms with Crippen molar-refractivity contribution < 1.29 is 0 Å². The lowest BCUT2D eigenvalue weighted by Crippen LogP contribution is -2.31. The van der Waals surface area contributed by atoms with E-state index in [1.54, 1.807) is 0 Å². The molecule has 2 aromatic rings. The Hall–Kier alpha value is -1.03. The third-order valence-electron chi connectivity index (χ3n) is 4.34. The standard InChI is InChI=1S/C14H21ClN4/c1-8(15)12-16-11-9(2)17-18(5)13(11)19(12)14(3,4)10-6-7-10/h8,10H,6-7H2,1-5H3. The molecule has 0 radical (unpaired) electrons. The fourth-order valence-corrected chi connectivity index (χ4v) is 3.24. The highest BCUT2D eigenvalue weighted by Gasteiger charge is 2.42. The van der Waals surface area contributed by atoms with Gasteiger partial charge in [0.05, 0.1) is 11.1 Å². The normalized spacial score (nSPS) is 18.2. The molecule has 0 aliphatic heterocycles. The molecule has 0 spiro atoms. The summed E-state index contributed by atoms with van der Waals surface area (Å²) >= 11 is 6.36. The molecule has 1 saturated carbocycles. The van der Waals surface area contributed by atoms with Crippen molar-refractivity contribution in [2.24, 2.45) is 13.0 Å². The summed E-state index contributed by atoms with van der Waals surface area (Å²) in [4.78, 5) is 4.76. The summed E-state index contributed by atoms with van der Waals surface area (Å²) in [6, 6.07) is 0. The van der Waals surface area contributed by atoms with Crippen LogP contribution >= 0.6 is 11.6 Å². The molecule has 1 atom stereocenters. The van der Waals surface area contributed by atoms with E-state index in [0.717, 1.165) is 22.7 Å². The molecule has 1 unspecified atom stereocenters. The summed E-state index contributed by atoms with van der Waals surface area (Å²) in [5.74, 6) is 1.68. The minimum atomic E-state index is -0.0928. The molecule has 0 N–H and O–H groups in total. The highest BCUT2D eigenvalue weighted by molar-refractivity contribution is 6.20. The fourth-order valence-electron chi connectivity index (χ4n) is 3.10. The second-order valence-electron chi connectivity index (χ2n) is 6.23. The molecule has 1 fully saturated rings. The topological polar surface area (TPSA) is 35.6 Å². The van der Waals surface area contributed by atoms with E-state index in [4.69, 9.17) is 16.6 Å². The molecule has 5 heteroatoms. The summed E-state index contributed by atoms with van der Waals surface area (Å²) < 4.78 is 4.25. The Kier molecular flexibility index (Phi) is 2.72. The summed E-state index contributed by atoms with van der Waals surface area (Å²) in [5, 5.41) is 4.40. The van der Waals surface area contributed by atoms with Crippen LogP contribution in [-0.4, -0.2) is 19.3 Å². The average Bonchev–Trinajstić information content (AvgIpc) is 3.01. The first-order valence-corrected chi connectivity index (χ1v) is 7.34. The monoisotopic (exact) mass is 280 g/mol. The van der Waals surface area contributed by atoms with Crippen LogP contribution in [0.2, 0.25) is 0 Å². The van der Waals surface area contributed by atoms with Crippen LogP contribution in [0.1, 0.15) is 50.5 Å². The SMILES string of the molecule is Cc1nn(C)c2c1nc(C(C)Cl)n2C(C)(C)C1CC1. The van der Waals surface area contributed by atoms with E-state index in [1.165, 1.54) is 12.8 Å². The van der Waals surface area contributed by atoms with Crippen molar-refractivity contribution in [3.63, 3.8) is 0 Å². The van der Waals surface area contributed by atoms with E-state index in [0.29, 0.717) is 5.92 Å². The number of hydrogen-bond donors (Lipinski definition) is 0. The molecule has 0 amide bonds. The van der Waals surface area contributed by atoms with Crippen molar-refractivity contribution >= 4 is 22.8 Å². The summed E-state index contributed by atoms with van der Waals surface area (Å²) in [7, 11) is 1.99. The second-order valence-corrected chi connectivity index (χ2v) is 6.89. The van der Waals surface area contributed by atoms with Gasteiger partial charge in [-0.3, -0.25) is 4.68 Å². The Bertz CT molecular complexity index is 631. The van der Waals surface area contributed by atoms with Crippen LogP contribution < -0.4 is 0 Å². The zero-order valence-electron chi connectivity index (χ0n) is 12.2. The number of aryl methyl sites for hydroxylation is 2. The molecule has 4 nitrogen and oxygen atoms in total. The molecular formula is C14H21ClN4. The Labute approximate surface area is 118 Å². The molecule has 3 rings (SSSR count). The lowest BCUT2D eigenvalue weighted by Gasteiger charge is -2.30. The molecule has 2 heterocycles. The molecule has 2 aromatic heterocycles. The minimum absolute atomic E-state index is 0.0491. The van der Waals surface area contributed by atoms with E-state index >= 15 is 0 Å². The van der Waals surface area contributed by atoms with Gasteiger partial charge >= 0.3 is 0 Å². The van der Waals surface area contributed by atoms with Crippen LogP contribution in [0.5, 0.6) is 0 Å². The smallest absolute Gasteiger partial charge is 0.159 e. The summed E-state index contributed by atoms with van der Waals surface area (Å²) in [6.45, 7) is 8.57. The third-order valence-corrected chi connectivity index (χ3v) is 4.53. The molecular weight excluding hydrogens is 260 g/mol. The van der Waals surface area contributed by atoms with Crippen LogP contribution in [0, 0.1) is 12.8 Å². The van der Waals surface area contributed by atoms with Gasteiger partial charge in [0, 0.05) is 12.6 Å². The van der Waals surface area contributed by atoms with Gasteiger partial charge in [0.25, 0.3) is 0 Å². The Morgan fingerprint density at radius 1 is 1.37 bits per heavy atom. The average molecular weight is 281 g/mol. The maximum Gasteiger partial charge on any atom is 0.159 e. The molecule has 0 saturated heterocycles. The van der Waals surface area contributed by atoms with Crippen molar-refractivity contribution in [3.8, 4) is 0 Å². The van der Waals surface area contributed by atoms with Gasteiger partial charge in [-0.15, -0.1) is 11.6 Å². The molecule has 1 aliphatic rings. The molecule has 0 bridgehead atoms. The molecule has 19 heavy (non-hydrogen) atoms. The summed E-state index contributed by atoms with van der Waals surface area (Å²) in [5.41, 5.74) is 3.10. The number of nitrogens with zero attached hydrogens (tertiary/aromatic N) is 4. The fraction of sp³-hybridized carbons (Fsp3) is 0.714. The van der Waals surface area contributed by atoms with E-state index in [2.05, 4.69) is 23.5 Å². The van der Waals surface area contributed by atoms with Crippen molar-refractivity contribution in [1.82, 2.24) is 19.3 Å². The van der Waals surface area contributed by atoms with E-state index in [9.17, 15) is 0 Å². The van der Waals surface area contributed by atoms with Crippen LogP contribution in [0.15, 0.2) is 0 Å². The van der Waals surface area contributed by atoms with E-state index in [1.807, 2.05) is 25.6 Å². The van der Waals surface area contributed by atoms with Crippen LogP contribution in [0.25, 0.3) is 11.2 Å². The summed E-state index contributed by atoms with van der Waals surface area (Å²) in [6.07, 6.45) is 2.58. The number of aromatic nitrogens is 4. The highest BCUT2D eigenvalue weighted by atomic mass is 35.5. The van der Waals surface area contributed by atoms with Crippen molar-refractivity contribution in [2.45, 2.75) is 51.5 Å². The van der Waals surface area contributed by atoms with Crippen LogP contribution in [-0.2, 0) is 12.6 Å². The number of fused-ring (bicyclic) bond motifs is 1. The van der Waals surface area contributed by atoms with Gasteiger partial charge in [-0.05, 0) is 46.5 Å². The quantitative estimate of drug-likeness (QED) is 0.807. The van der Waals surface area contributed by atoms with Gasteiger partial charge in [-0.1, -0.05) is 0 Å². The Morgan fingerprint density at radius 3 is 2.53 bits per heavy atom. The van der Waals surface area contributed by atoms with Gasteiger partial charge in [-0.25, -0.2) is 4.98 Å². The maximum absolute atomic E-state index is 6.36. The van der Waals surface area contributed by atoms with Crippen LogP contribution in [0.3, 0.4) is 0 Å². The first kappa shape index (κ1) is 13.0. The van der Waals surface area contributed by atoms with Gasteiger partial charge < -0.3 is 4.57 Å². The number of rotatable bonds is 3. The van der Waals surface area contributed by atoms with Gasteiger partial charge in [0.15, 0.2) is 5.65 Å². The van der Waals surface area contributed by atoms with Gasteiger partial charge in [-0.2, -0.15) is 5.10 Å². The van der Waals surface area contributed by atoms with E-state index < -0.39 is 0 Å². The predicted octanol–water partition coefficient (Wildman–Crippen LogP) is 3.52. The molecule has 0 aromatic carbocycles. The highest BCUT2D eigenvalue weighted by Crippen LogP contribution is 2.46. The first-order valence-electron chi connectivity index (χ1n) is 6.90. The number of alkyl halides is 1. The Morgan fingerprint density at radius 2 is 2.00 bits per heavy atom. The lowest BCUT2D eigenvalue weighted by molar-refractivity contribution is 0.300. The van der Waals surface area contributed by atoms with Crippen molar-refractivity contribution in [3.05, 3.63) is 11.5 Å². The zero-order chi connectivity index (χ0) is 13.9.